The number of carbonyl (C=O) groups excluding carboxylic acids is 2. The van der Waals surface area contributed by atoms with Gasteiger partial charge in [-0.15, -0.1) is 0 Å². The van der Waals surface area contributed by atoms with E-state index in [1.165, 1.54) is 0 Å². The molecule has 0 radical (unpaired) electrons. The fourth-order valence-electron chi connectivity index (χ4n) is 3.56. The summed E-state index contributed by atoms with van der Waals surface area (Å²) in [6, 6.07) is 0. The number of rotatable bonds is 2. The van der Waals surface area contributed by atoms with Gasteiger partial charge in [-0.1, -0.05) is 6.92 Å². The highest BCUT2D eigenvalue weighted by Gasteiger charge is 2.38. The van der Waals surface area contributed by atoms with Crippen LogP contribution in [-0.4, -0.2) is 59.0 Å². The SMILES string of the molecule is CC1CN(C(=O)C2CCCN(C(=O)C3CC3)C2)CCC1O. The van der Waals surface area contributed by atoms with Gasteiger partial charge in [0, 0.05) is 32.1 Å². The first-order valence-corrected chi connectivity index (χ1v) is 8.32. The molecule has 1 saturated carbocycles. The third kappa shape index (κ3) is 3.23. The Morgan fingerprint density at radius 2 is 1.57 bits per heavy atom. The van der Waals surface area contributed by atoms with E-state index in [2.05, 4.69) is 0 Å². The van der Waals surface area contributed by atoms with Crippen LogP contribution in [0.1, 0.15) is 39.0 Å². The molecule has 3 fully saturated rings. The summed E-state index contributed by atoms with van der Waals surface area (Å²) in [7, 11) is 0. The first-order valence-electron chi connectivity index (χ1n) is 8.32. The quantitative estimate of drug-likeness (QED) is 0.822. The molecular weight excluding hydrogens is 268 g/mol. The highest BCUT2D eigenvalue weighted by molar-refractivity contribution is 5.83. The molecule has 3 atom stereocenters. The number of likely N-dealkylation sites (tertiary alicyclic amines) is 2. The summed E-state index contributed by atoms with van der Waals surface area (Å²) >= 11 is 0. The van der Waals surface area contributed by atoms with Gasteiger partial charge in [-0.3, -0.25) is 9.59 Å². The van der Waals surface area contributed by atoms with Crippen LogP contribution in [0.3, 0.4) is 0 Å². The van der Waals surface area contributed by atoms with Gasteiger partial charge >= 0.3 is 0 Å². The second-order valence-electron chi connectivity index (χ2n) is 7.02. The summed E-state index contributed by atoms with van der Waals surface area (Å²) in [4.78, 5) is 28.6. The minimum atomic E-state index is -0.284. The third-order valence-electron chi connectivity index (χ3n) is 5.18. The Kier molecular flexibility index (Phi) is 4.20. The molecule has 2 amide bonds. The van der Waals surface area contributed by atoms with Crippen LogP contribution < -0.4 is 0 Å². The molecule has 3 unspecified atom stereocenters. The Labute approximate surface area is 126 Å². The van der Waals surface area contributed by atoms with Crippen molar-refractivity contribution < 1.29 is 14.7 Å². The van der Waals surface area contributed by atoms with Crippen LogP contribution in [0.25, 0.3) is 0 Å². The summed E-state index contributed by atoms with van der Waals surface area (Å²) in [5.74, 6) is 0.792. The Morgan fingerprint density at radius 1 is 0.905 bits per heavy atom. The molecule has 0 bridgehead atoms. The fraction of sp³-hybridized carbons (Fsp3) is 0.875. The first kappa shape index (κ1) is 14.8. The summed E-state index contributed by atoms with van der Waals surface area (Å²) in [6.45, 7) is 4.70. The van der Waals surface area contributed by atoms with E-state index < -0.39 is 0 Å². The predicted octanol–water partition coefficient (Wildman–Crippen LogP) is 0.864. The second-order valence-corrected chi connectivity index (χ2v) is 7.02. The third-order valence-corrected chi connectivity index (χ3v) is 5.18. The Morgan fingerprint density at radius 3 is 2.24 bits per heavy atom. The van der Waals surface area contributed by atoms with E-state index in [9.17, 15) is 14.7 Å². The summed E-state index contributed by atoms with van der Waals surface area (Å²) in [5, 5.41) is 9.78. The van der Waals surface area contributed by atoms with E-state index in [0.717, 1.165) is 32.2 Å². The van der Waals surface area contributed by atoms with Crippen molar-refractivity contribution in [3.63, 3.8) is 0 Å². The van der Waals surface area contributed by atoms with Gasteiger partial charge < -0.3 is 14.9 Å². The molecule has 2 saturated heterocycles. The van der Waals surface area contributed by atoms with Crippen LogP contribution in [0, 0.1) is 17.8 Å². The summed E-state index contributed by atoms with van der Waals surface area (Å²) in [6.07, 6.45) is 4.25. The number of carbonyl (C=O) groups is 2. The van der Waals surface area contributed by atoms with E-state index in [4.69, 9.17) is 0 Å². The topological polar surface area (TPSA) is 60.9 Å². The van der Waals surface area contributed by atoms with Crippen molar-refractivity contribution in [2.24, 2.45) is 17.8 Å². The molecule has 5 nitrogen and oxygen atoms in total. The van der Waals surface area contributed by atoms with Gasteiger partial charge in [0.25, 0.3) is 0 Å². The molecule has 21 heavy (non-hydrogen) atoms. The zero-order chi connectivity index (χ0) is 15.0. The van der Waals surface area contributed by atoms with Crippen LogP contribution >= 0.6 is 0 Å². The second kappa shape index (κ2) is 5.95. The zero-order valence-corrected chi connectivity index (χ0v) is 12.8. The molecule has 0 aromatic heterocycles. The molecule has 0 spiro atoms. The van der Waals surface area contributed by atoms with E-state index in [-0.39, 0.29) is 35.7 Å². The lowest BCUT2D eigenvalue weighted by molar-refractivity contribution is -0.143. The highest BCUT2D eigenvalue weighted by atomic mass is 16.3. The van der Waals surface area contributed by atoms with Crippen LogP contribution in [0.4, 0.5) is 0 Å². The number of aliphatic hydroxyl groups is 1. The number of hydrogen-bond donors (Lipinski definition) is 1. The molecule has 1 aliphatic carbocycles. The number of aliphatic hydroxyl groups excluding tert-OH is 1. The smallest absolute Gasteiger partial charge is 0.227 e. The Balaban J connectivity index is 1.57. The predicted molar refractivity (Wildman–Crippen MR) is 78.4 cm³/mol. The van der Waals surface area contributed by atoms with Crippen LogP contribution in [0.5, 0.6) is 0 Å². The Bertz CT molecular complexity index is 422. The number of nitrogens with zero attached hydrogens (tertiary/aromatic N) is 2. The average molecular weight is 294 g/mol. The lowest BCUT2D eigenvalue weighted by Crippen LogP contribution is -2.51. The van der Waals surface area contributed by atoms with E-state index in [1.807, 2.05) is 16.7 Å². The minimum absolute atomic E-state index is 0.0381. The zero-order valence-electron chi connectivity index (χ0n) is 12.8. The van der Waals surface area contributed by atoms with Gasteiger partial charge in [-0.2, -0.15) is 0 Å². The molecule has 0 aromatic carbocycles. The number of piperidine rings is 2. The number of amides is 2. The van der Waals surface area contributed by atoms with Crippen molar-refractivity contribution in [1.82, 2.24) is 9.80 Å². The normalized spacial score (nSPS) is 33.9. The first-order chi connectivity index (χ1) is 10.1. The molecule has 3 rings (SSSR count). The monoisotopic (exact) mass is 294 g/mol. The maximum Gasteiger partial charge on any atom is 0.227 e. The van der Waals surface area contributed by atoms with E-state index in [0.29, 0.717) is 26.1 Å². The molecule has 1 N–H and O–H groups in total. The van der Waals surface area contributed by atoms with Gasteiger partial charge in [0.15, 0.2) is 0 Å². The van der Waals surface area contributed by atoms with Crippen molar-refractivity contribution >= 4 is 11.8 Å². The molecule has 118 valence electrons. The number of hydrogen-bond acceptors (Lipinski definition) is 3. The summed E-state index contributed by atoms with van der Waals surface area (Å²) in [5.41, 5.74) is 0. The largest absolute Gasteiger partial charge is 0.393 e. The van der Waals surface area contributed by atoms with E-state index in [1.54, 1.807) is 0 Å². The van der Waals surface area contributed by atoms with Crippen molar-refractivity contribution in [2.75, 3.05) is 26.2 Å². The fourth-order valence-corrected chi connectivity index (χ4v) is 3.56. The van der Waals surface area contributed by atoms with Crippen LogP contribution in [-0.2, 0) is 9.59 Å². The molecule has 5 heteroatoms. The molecular formula is C16H26N2O3. The minimum Gasteiger partial charge on any atom is -0.393 e. The lowest BCUT2D eigenvalue weighted by atomic mass is 9.92. The molecule has 2 heterocycles. The highest BCUT2D eigenvalue weighted by Crippen LogP contribution is 2.33. The molecule has 2 aliphatic heterocycles. The maximum atomic E-state index is 12.7. The average Bonchev–Trinajstić information content (AvgIpc) is 3.33. The lowest BCUT2D eigenvalue weighted by Gasteiger charge is -2.39. The van der Waals surface area contributed by atoms with Gasteiger partial charge in [0.05, 0.1) is 12.0 Å². The van der Waals surface area contributed by atoms with Crippen LogP contribution in [0.15, 0.2) is 0 Å². The van der Waals surface area contributed by atoms with E-state index >= 15 is 0 Å². The van der Waals surface area contributed by atoms with Gasteiger partial charge in [0.2, 0.25) is 11.8 Å². The standard InChI is InChI=1S/C16H26N2O3/c1-11-9-18(8-6-14(11)19)16(21)13-3-2-7-17(10-13)15(20)12-4-5-12/h11-14,19H,2-10H2,1H3. The van der Waals surface area contributed by atoms with Gasteiger partial charge in [0.1, 0.15) is 0 Å². The molecule has 3 aliphatic rings. The van der Waals surface area contributed by atoms with Crippen molar-refractivity contribution in [1.29, 1.82) is 0 Å². The van der Waals surface area contributed by atoms with Crippen LogP contribution in [0.2, 0.25) is 0 Å². The van der Waals surface area contributed by atoms with Crippen molar-refractivity contribution in [2.45, 2.75) is 45.1 Å². The van der Waals surface area contributed by atoms with Gasteiger partial charge in [-0.05, 0) is 38.0 Å². The Hall–Kier alpha value is -1.10. The maximum absolute atomic E-state index is 12.7. The van der Waals surface area contributed by atoms with Crippen molar-refractivity contribution in [3.05, 3.63) is 0 Å². The van der Waals surface area contributed by atoms with Crippen molar-refractivity contribution in [3.8, 4) is 0 Å². The summed E-state index contributed by atoms with van der Waals surface area (Å²) < 4.78 is 0. The van der Waals surface area contributed by atoms with Gasteiger partial charge in [-0.25, -0.2) is 0 Å². The molecule has 0 aromatic rings.